The summed E-state index contributed by atoms with van der Waals surface area (Å²) in [6.07, 6.45) is 1.59. The lowest BCUT2D eigenvalue weighted by molar-refractivity contribution is 0.0697. The van der Waals surface area contributed by atoms with Gasteiger partial charge in [-0.15, -0.1) is 0 Å². The van der Waals surface area contributed by atoms with E-state index in [0.717, 1.165) is 5.52 Å². The molecule has 0 radical (unpaired) electrons. The molecule has 4 nitrogen and oxygen atoms in total. The van der Waals surface area contributed by atoms with Gasteiger partial charge in [-0.1, -0.05) is 23.2 Å². The quantitative estimate of drug-likeness (QED) is 0.645. The van der Waals surface area contributed by atoms with Crippen molar-refractivity contribution in [3.8, 4) is 5.69 Å². The number of benzene rings is 2. The van der Waals surface area contributed by atoms with Crippen molar-refractivity contribution in [3.05, 3.63) is 56.7 Å². The lowest BCUT2D eigenvalue weighted by atomic mass is 10.2. The van der Waals surface area contributed by atoms with Crippen LogP contribution in [-0.4, -0.2) is 20.6 Å². The van der Waals surface area contributed by atoms with E-state index in [0.29, 0.717) is 25.7 Å². The number of carboxylic acid groups (broad SMARTS) is 1. The van der Waals surface area contributed by atoms with Crippen molar-refractivity contribution in [2.75, 3.05) is 0 Å². The van der Waals surface area contributed by atoms with Crippen LogP contribution in [0.5, 0.6) is 0 Å². The van der Waals surface area contributed by atoms with Crippen LogP contribution >= 0.6 is 39.1 Å². The maximum atomic E-state index is 11.0. The molecule has 0 amide bonds. The first kappa shape index (κ1) is 14.4. The topological polar surface area (TPSA) is 55.1 Å². The van der Waals surface area contributed by atoms with Gasteiger partial charge in [-0.3, -0.25) is 4.57 Å². The first-order valence-electron chi connectivity index (χ1n) is 5.83. The SMILES string of the molecule is O=C(O)c1ccc2c(c1)ncn2-c1ccc(Br)c(Cl)c1Cl. The Morgan fingerprint density at radius 1 is 1.19 bits per heavy atom. The molecule has 0 aliphatic carbocycles. The number of rotatable bonds is 2. The molecule has 106 valence electrons. The highest BCUT2D eigenvalue weighted by atomic mass is 79.9. The molecule has 0 aliphatic rings. The predicted octanol–water partition coefficient (Wildman–Crippen LogP) is 4.79. The Balaban J connectivity index is 2.22. The standard InChI is InChI=1S/C14H7BrCl2N2O2/c15-8-2-4-11(13(17)12(8)16)19-6-18-9-5-7(14(20)21)1-3-10(9)19/h1-6H,(H,20,21). The predicted molar refractivity (Wildman–Crippen MR) is 85.7 cm³/mol. The van der Waals surface area contributed by atoms with Crippen LogP contribution in [0.15, 0.2) is 41.1 Å². The van der Waals surface area contributed by atoms with Gasteiger partial charge < -0.3 is 5.11 Å². The van der Waals surface area contributed by atoms with Crippen LogP contribution < -0.4 is 0 Å². The number of hydrogen-bond donors (Lipinski definition) is 1. The van der Waals surface area contributed by atoms with E-state index >= 15 is 0 Å². The van der Waals surface area contributed by atoms with Gasteiger partial charge in [-0.05, 0) is 46.3 Å². The summed E-state index contributed by atoms with van der Waals surface area (Å²) in [6.45, 7) is 0. The second kappa shape index (κ2) is 5.33. The van der Waals surface area contributed by atoms with Gasteiger partial charge in [0.2, 0.25) is 0 Å². The van der Waals surface area contributed by atoms with Gasteiger partial charge in [0.15, 0.2) is 0 Å². The van der Waals surface area contributed by atoms with Crippen molar-refractivity contribution in [1.29, 1.82) is 0 Å². The highest BCUT2D eigenvalue weighted by molar-refractivity contribution is 9.10. The van der Waals surface area contributed by atoms with Crippen LogP contribution in [0.1, 0.15) is 10.4 Å². The third-order valence-electron chi connectivity index (χ3n) is 3.07. The van der Waals surface area contributed by atoms with Crippen molar-refractivity contribution in [2.45, 2.75) is 0 Å². The summed E-state index contributed by atoms with van der Waals surface area (Å²) < 4.78 is 2.47. The largest absolute Gasteiger partial charge is 0.478 e. The number of hydrogen-bond acceptors (Lipinski definition) is 2. The molecule has 0 bridgehead atoms. The molecule has 21 heavy (non-hydrogen) atoms. The third-order valence-corrected chi connectivity index (χ3v) is 4.83. The maximum absolute atomic E-state index is 11.0. The van der Waals surface area contributed by atoms with E-state index in [4.69, 9.17) is 28.3 Å². The van der Waals surface area contributed by atoms with E-state index in [9.17, 15) is 4.79 Å². The fraction of sp³-hybridized carbons (Fsp3) is 0. The molecule has 3 aromatic rings. The monoisotopic (exact) mass is 384 g/mol. The van der Waals surface area contributed by atoms with Gasteiger partial charge in [0.25, 0.3) is 0 Å². The van der Waals surface area contributed by atoms with Crippen LogP contribution in [0.25, 0.3) is 16.7 Å². The lowest BCUT2D eigenvalue weighted by Gasteiger charge is -2.09. The van der Waals surface area contributed by atoms with Crippen LogP contribution in [0.4, 0.5) is 0 Å². The Hall–Kier alpha value is -1.56. The lowest BCUT2D eigenvalue weighted by Crippen LogP contribution is -1.97. The van der Waals surface area contributed by atoms with Gasteiger partial charge in [-0.25, -0.2) is 9.78 Å². The fourth-order valence-corrected chi connectivity index (χ4v) is 2.90. The Labute approximate surface area is 138 Å². The maximum Gasteiger partial charge on any atom is 0.335 e. The fourth-order valence-electron chi connectivity index (χ4n) is 2.04. The van der Waals surface area contributed by atoms with Gasteiger partial charge in [0, 0.05) is 4.47 Å². The van der Waals surface area contributed by atoms with E-state index in [2.05, 4.69) is 20.9 Å². The molecule has 0 saturated carbocycles. The van der Waals surface area contributed by atoms with E-state index in [1.54, 1.807) is 23.0 Å². The van der Waals surface area contributed by atoms with Crippen molar-refractivity contribution < 1.29 is 9.90 Å². The average Bonchev–Trinajstić information content (AvgIpc) is 2.88. The second-order valence-electron chi connectivity index (χ2n) is 4.32. The summed E-state index contributed by atoms with van der Waals surface area (Å²) >= 11 is 15.7. The number of carboxylic acids is 1. The molecule has 0 fully saturated rings. The summed E-state index contributed by atoms with van der Waals surface area (Å²) in [5, 5.41) is 9.81. The van der Waals surface area contributed by atoms with Crippen molar-refractivity contribution in [3.63, 3.8) is 0 Å². The summed E-state index contributed by atoms with van der Waals surface area (Å²) in [7, 11) is 0. The first-order chi connectivity index (χ1) is 9.99. The Kier molecular flexibility index (Phi) is 3.65. The molecule has 0 spiro atoms. The van der Waals surface area contributed by atoms with Crippen LogP contribution in [0.2, 0.25) is 10.0 Å². The third kappa shape index (κ3) is 2.41. The number of aromatic nitrogens is 2. The zero-order valence-corrected chi connectivity index (χ0v) is 13.4. The normalized spacial score (nSPS) is 11.0. The van der Waals surface area contributed by atoms with Gasteiger partial charge in [0.1, 0.15) is 6.33 Å². The van der Waals surface area contributed by atoms with Crippen molar-refractivity contribution in [1.82, 2.24) is 9.55 Å². The van der Waals surface area contributed by atoms with E-state index in [1.165, 1.54) is 12.1 Å². The number of aromatic carboxylic acids is 1. The smallest absolute Gasteiger partial charge is 0.335 e. The number of nitrogens with zero attached hydrogens (tertiary/aromatic N) is 2. The molecular weight excluding hydrogens is 379 g/mol. The Morgan fingerprint density at radius 2 is 1.95 bits per heavy atom. The van der Waals surface area contributed by atoms with E-state index in [-0.39, 0.29) is 5.56 Å². The molecule has 0 unspecified atom stereocenters. The van der Waals surface area contributed by atoms with Gasteiger partial charge in [0.05, 0.1) is 32.3 Å². The number of imidazole rings is 1. The number of fused-ring (bicyclic) bond motifs is 1. The molecule has 1 heterocycles. The zero-order chi connectivity index (χ0) is 15.1. The number of halogens is 3. The average molecular weight is 386 g/mol. The first-order valence-corrected chi connectivity index (χ1v) is 7.38. The summed E-state index contributed by atoms with van der Waals surface area (Å²) in [5.41, 5.74) is 2.19. The molecule has 7 heteroatoms. The molecule has 0 aliphatic heterocycles. The summed E-state index contributed by atoms with van der Waals surface area (Å²) in [5.74, 6) is -0.990. The van der Waals surface area contributed by atoms with Crippen LogP contribution in [-0.2, 0) is 0 Å². The highest BCUT2D eigenvalue weighted by Crippen LogP contribution is 2.35. The minimum atomic E-state index is -0.990. The molecule has 0 saturated heterocycles. The van der Waals surface area contributed by atoms with Crippen LogP contribution in [0.3, 0.4) is 0 Å². The molecule has 1 N–H and O–H groups in total. The molecule has 3 rings (SSSR count). The molecule has 0 atom stereocenters. The second-order valence-corrected chi connectivity index (χ2v) is 5.93. The van der Waals surface area contributed by atoms with Crippen molar-refractivity contribution in [2.24, 2.45) is 0 Å². The molecule has 2 aromatic carbocycles. The van der Waals surface area contributed by atoms with Crippen molar-refractivity contribution >= 4 is 56.1 Å². The van der Waals surface area contributed by atoms with Gasteiger partial charge >= 0.3 is 5.97 Å². The Morgan fingerprint density at radius 3 is 2.67 bits per heavy atom. The Bertz CT molecular complexity index is 877. The minimum Gasteiger partial charge on any atom is -0.478 e. The van der Waals surface area contributed by atoms with E-state index in [1.807, 2.05) is 6.07 Å². The van der Waals surface area contributed by atoms with E-state index < -0.39 is 5.97 Å². The zero-order valence-electron chi connectivity index (χ0n) is 10.3. The van der Waals surface area contributed by atoms with Gasteiger partial charge in [-0.2, -0.15) is 0 Å². The molecule has 1 aromatic heterocycles. The summed E-state index contributed by atoms with van der Waals surface area (Å²) in [6, 6.07) is 8.34. The molecular formula is C14H7BrCl2N2O2. The number of carbonyl (C=O) groups is 1. The highest BCUT2D eigenvalue weighted by Gasteiger charge is 2.13. The summed E-state index contributed by atoms with van der Waals surface area (Å²) in [4.78, 5) is 15.2. The minimum absolute atomic E-state index is 0.188. The van der Waals surface area contributed by atoms with Crippen LogP contribution in [0, 0.1) is 0 Å².